The lowest BCUT2D eigenvalue weighted by atomic mass is 10.3. The Morgan fingerprint density at radius 3 is 0.881 bits per heavy atom. The molecule has 0 aliphatic heterocycles. The van der Waals surface area contributed by atoms with Gasteiger partial charge in [0.1, 0.15) is 6.61 Å². The Kier molecular flexibility index (Phi) is 34.5. The average molecular weight is 615 g/mol. The molecule has 14 heteroatoms. The lowest BCUT2D eigenvalue weighted by Crippen LogP contribution is -2.15. The fourth-order valence-corrected chi connectivity index (χ4v) is 2.83. The van der Waals surface area contributed by atoms with Crippen LogP contribution < -0.4 is 0 Å². The van der Waals surface area contributed by atoms with Gasteiger partial charge in [-0.25, -0.2) is 0 Å². The molecule has 14 nitrogen and oxygen atoms in total. The molecule has 0 bridgehead atoms. The molecular formula is C28H54O14. The fraction of sp³-hybridized carbons (Fsp3) is 0.929. The second-order valence-corrected chi connectivity index (χ2v) is 8.42. The number of rotatable bonds is 35. The summed E-state index contributed by atoms with van der Waals surface area (Å²) in [6.45, 7) is 11.5. The molecule has 0 heterocycles. The molecule has 0 saturated carbocycles. The first-order chi connectivity index (χ1) is 20.7. The summed E-state index contributed by atoms with van der Waals surface area (Å²) in [6.07, 6.45) is 1.46. The summed E-state index contributed by atoms with van der Waals surface area (Å²) in [7, 11) is 1.35. The Morgan fingerprint density at radius 1 is 0.357 bits per heavy atom. The number of ether oxygens (including phenoxy) is 12. The normalized spacial score (nSPS) is 11.2. The molecule has 0 aliphatic rings. The van der Waals surface area contributed by atoms with Crippen LogP contribution in [0.1, 0.15) is 26.2 Å². The summed E-state index contributed by atoms with van der Waals surface area (Å²) >= 11 is 0. The number of methoxy groups -OCH3 is 1. The topological polar surface area (TPSA) is 145 Å². The highest BCUT2D eigenvalue weighted by Crippen LogP contribution is 1.91. The molecule has 0 unspecified atom stereocenters. The molecule has 0 radical (unpaired) electrons. The van der Waals surface area contributed by atoms with Gasteiger partial charge in [-0.3, -0.25) is 9.59 Å². The third kappa shape index (κ3) is 34.7. The van der Waals surface area contributed by atoms with E-state index in [0.717, 1.165) is 6.42 Å². The standard InChI is InChI=1S/C28H54O14/c1-3-4-28(30)42-26-25-41-24-23-40-22-21-39-20-19-38-18-17-37-16-15-36-14-13-35-12-11-34-10-9-33-8-7-32-6-5-27(29)31-2/h3-26H2,1-2H3. The van der Waals surface area contributed by atoms with Crippen LogP contribution >= 0.6 is 0 Å². The van der Waals surface area contributed by atoms with Crippen molar-refractivity contribution in [2.24, 2.45) is 0 Å². The predicted molar refractivity (Wildman–Crippen MR) is 151 cm³/mol. The lowest BCUT2D eigenvalue weighted by molar-refractivity contribution is -0.145. The average Bonchev–Trinajstić information content (AvgIpc) is 2.99. The molecule has 42 heavy (non-hydrogen) atoms. The first-order valence-electron chi connectivity index (χ1n) is 14.7. The summed E-state index contributed by atoms with van der Waals surface area (Å²) < 4.78 is 63.5. The van der Waals surface area contributed by atoms with E-state index in [1.54, 1.807) is 0 Å². The predicted octanol–water partition coefficient (Wildman–Crippen LogP) is 1.06. The molecule has 0 aromatic heterocycles. The molecule has 0 N–H and O–H groups in total. The SMILES string of the molecule is CCCC(=O)OCCOCCOCCOCCOCCOCCOCCOCCOCCOCCOCCC(=O)OC. The first kappa shape index (κ1) is 40.5. The molecule has 0 fully saturated rings. The van der Waals surface area contributed by atoms with Crippen LogP contribution in [-0.2, 0) is 66.4 Å². The van der Waals surface area contributed by atoms with Crippen molar-refractivity contribution in [3.05, 3.63) is 0 Å². The maximum Gasteiger partial charge on any atom is 0.307 e. The zero-order valence-electron chi connectivity index (χ0n) is 25.7. The third-order valence-electron chi connectivity index (χ3n) is 4.97. The molecule has 0 aromatic carbocycles. The van der Waals surface area contributed by atoms with Crippen molar-refractivity contribution < 1.29 is 66.4 Å². The van der Waals surface area contributed by atoms with E-state index in [9.17, 15) is 9.59 Å². The third-order valence-corrected chi connectivity index (χ3v) is 4.97. The van der Waals surface area contributed by atoms with E-state index in [-0.39, 0.29) is 25.0 Å². The monoisotopic (exact) mass is 614 g/mol. The molecule has 0 saturated heterocycles. The second-order valence-electron chi connectivity index (χ2n) is 8.42. The summed E-state index contributed by atoms with van der Waals surface area (Å²) in [5.41, 5.74) is 0. The van der Waals surface area contributed by atoms with E-state index in [1.165, 1.54) is 7.11 Å². The van der Waals surface area contributed by atoms with Gasteiger partial charge in [0.15, 0.2) is 0 Å². The number of hydrogen-bond acceptors (Lipinski definition) is 14. The van der Waals surface area contributed by atoms with Crippen LogP contribution in [0.4, 0.5) is 0 Å². The van der Waals surface area contributed by atoms with E-state index in [4.69, 9.17) is 52.1 Å². The second kappa shape index (κ2) is 35.7. The molecule has 0 atom stereocenters. The number of carbonyl (C=O) groups excluding carboxylic acids is 2. The van der Waals surface area contributed by atoms with Gasteiger partial charge in [0.2, 0.25) is 0 Å². The Hall–Kier alpha value is -1.46. The van der Waals surface area contributed by atoms with Crippen LogP contribution in [0.25, 0.3) is 0 Å². The molecular weight excluding hydrogens is 560 g/mol. The Labute approximate surface area is 250 Å². The number of carbonyl (C=O) groups is 2. The molecule has 0 spiro atoms. The largest absolute Gasteiger partial charge is 0.469 e. The summed E-state index contributed by atoms with van der Waals surface area (Å²) in [4.78, 5) is 22.1. The minimum Gasteiger partial charge on any atom is -0.469 e. The van der Waals surface area contributed by atoms with Gasteiger partial charge in [-0.2, -0.15) is 0 Å². The van der Waals surface area contributed by atoms with Crippen molar-refractivity contribution in [3.8, 4) is 0 Å². The van der Waals surface area contributed by atoms with Crippen molar-refractivity contribution in [1.82, 2.24) is 0 Å². The van der Waals surface area contributed by atoms with Crippen LogP contribution in [0.3, 0.4) is 0 Å². The first-order valence-corrected chi connectivity index (χ1v) is 14.7. The van der Waals surface area contributed by atoms with Gasteiger partial charge in [0, 0.05) is 6.42 Å². The van der Waals surface area contributed by atoms with E-state index >= 15 is 0 Å². The summed E-state index contributed by atoms with van der Waals surface area (Å²) in [6, 6.07) is 0. The van der Waals surface area contributed by atoms with E-state index < -0.39 is 0 Å². The zero-order valence-corrected chi connectivity index (χ0v) is 25.7. The van der Waals surface area contributed by atoms with Crippen molar-refractivity contribution >= 4 is 11.9 Å². The Balaban J connectivity index is 3.07. The van der Waals surface area contributed by atoms with Crippen LogP contribution in [0.5, 0.6) is 0 Å². The van der Waals surface area contributed by atoms with Crippen LogP contribution in [-0.4, -0.2) is 158 Å². The van der Waals surface area contributed by atoms with Gasteiger partial charge >= 0.3 is 11.9 Å². The van der Waals surface area contributed by atoms with Gasteiger partial charge < -0.3 is 56.8 Å². The Morgan fingerprint density at radius 2 is 0.619 bits per heavy atom. The highest BCUT2D eigenvalue weighted by atomic mass is 16.6. The van der Waals surface area contributed by atoms with E-state index in [1.807, 2.05) is 6.92 Å². The van der Waals surface area contributed by atoms with E-state index in [2.05, 4.69) is 4.74 Å². The lowest BCUT2D eigenvalue weighted by Gasteiger charge is -2.09. The maximum atomic E-state index is 11.2. The smallest absolute Gasteiger partial charge is 0.307 e. The van der Waals surface area contributed by atoms with Gasteiger partial charge in [-0.1, -0.05) is 6.92 Å². The van der Waals surface area contributed by atoms with Crippen molar-refractivity contribution in [2.75, 3.05) is 146 Å². The van der Waals surface area contributed by atoms with Crippen molar-refractivity contribution in [1.29, 1.82) is 0 Å². The minimum absolute atomic E-state index is 0.191. The summed E-state index contributed by atoms with van der Waals surface area (Å²) in [5, 5.41) is 0. The summed E-state index contributed by atoms with van der Waals surface area (Å²) in [5.74, 6) is -0.480. The number of hydrogen-bond donors (Lipinski definition) is 0. The molecule has 0 aliphatic carbocycles. The molecule has 0 rings (SSSR count). The quantitative estimate of drug-likeness (QED) is 0.0741. The maximum absolute atomic E-state index is 11.2. The molecule has 250 valence electrons. The Bertz CT molecular complexity index is 567. The highest BCUT2D eigenvalue weighted by molar-refractivity contribution is 5.69. The fourth-order valence-electron chi connectivity index (χ4n) is 2.83. The van der Waals surface area contributed by atoms with Gasteiger partial charge in [-0.15, -0.1) is 0 Å². The zero-order chi connectivity index (χ0) is 30.6. The molecule has 0 amide bonds. The van der Waals surface area contributed by atoms with Crippen LogP contribution in [0, 0.1) is 0 Å². The van der Waals surface area contributed by atoms with Gasteiger partial charge in [0.05, 0.1) is 146 Å². The molecule has 0 aromatic rings. The van der Waals surface area contributed by atoms with Crippen LogP contribution in [0.15, 0.2) is 0 Å². The van der Waals surface area contributed by atoms with Crippen LogP contribution in [0.2, 0.25) is 0 Å². The van der Waals surface area contributed by atoms with Crippen molar-refractivity contribution in [3.63, 3.8) is 0 Å². The highest BCUT2D eigenvalue weighted by Gasteiger charge is 2.01. The van der Waals surface area contributed by atoms with E-state index in [0.29, 0.717) is 139 Å². The van der Waals surface area contributed by atoms with Gasteiger partial charge in [0.25, 0.3) is 0 Å². The minimum atomic E-state index is -0.288. The number of esters is 2. The van der Waals surface area contributed by atoms with Crippen molar-refractivity contribution in [2.45, 2.75) is 26.2 Å². The van der Waals surface area contributed by atoms with Gasteiger partial charge in [-0.05, 0) is 6.42 Å².